The van der Waals surface area contributed by atoms with E-state index in [1.165, 1.54) is 0 Å². The number of ether oxygens (including phenoxy) is 1. The molecule has 2 rings (SSSR count). The summed E-state index contributed by atoms with van der Waals surface area (Å²) < 4.78 is 10.3. The maximum Gasteiger partial charge on any atom is 0.237 e. The number of hydrogen-bond donors (Lipinski definition) is 2. The Morgan fingerprint density at radius 1 is 1.50 bits per heavy atom. The first-order chi connectivity index (χ1) is 9.58. The van der Waals surface area contributed by atoms with E-state index in [4.69, 9.17) is 14.3 Å². The molecule has 1 aliphatic rings. The highest BCUT2D eigenvalue weighted by Gasteiger charge is 2.22. The van der Waals surface area contributed by atoms with Crippen molar-refractivity contribution in [2.24, 2.45) is 0 Å². The van der Waals surface area contributed by atoms with E-state index in [-0.39, 0.29) is 18.5 Å². The summed E-state index contributed by atoms with van der Waals surface area (Å²) in [4.78, 5) is 25.3. The van der Waals surface area contributed by atoms with Crippen molar-refractivity contribution in [3.8, 4) is 5.75 Å². The zero-order chi connectivity index (χ0) is 14.5. The number of nitrogens with one attached hydrogen (secondary N) is 1. The Morgan fingerprint density at radius 3 is 2.85 bits per heavy atom. The fourth-order valence-electron chi connectivity index (χ4n) is 1.99. The van der Waals surface area contributed by atoms with Gasteiger partial charge in [-0.1, -0.05) is 0 Å². The molecule has 1 fully saturated rings. The predicted octanol–water partition coefficient (Wildman–Crippen LogP) is -0.318. The van der Waals surface area contributed by atoms with Crippen LogP contribution in [0, 0.1) is 0 Å². The second-order valence-corrected chi connectivity index (χ2v) is 4.64. The maximum absolute atomic E-state index is 12.0. The molecule has 1 unspecified atom stereocenters. The highest BCUT2D eigenvalue weighted by atomic mass is 16.5. The normalized spacial score (nSPS) is 17.6. The molecular formula is C13H18N2O5. The summed E-state index contributed by atoms with van der Waals surface area (Å²) in [6, 6.07) is 0.900. The van der Waals surface area contributed by atoms with E-state index in [0.717, 1.165) is 25.4 Å². The molecular weight excluding hydrogens is 264 g/mol. The Kier molecular flexibility index (Phi) is 4.75. The largest absolute Gasteiger partial charge is 0.502 e. The average molecular weight is 282 g/mol. The monoisotopic (exact) mass is 282 g/mol. The van der Waals surface area contributed by atoms with Crippen molar-refractivity contribution in [1.82, 2.24) is 10.2 Å². The number of rotatable bonds is 4. The van der Waals surface area contributed by atoms with Crippen LogP contribution in [-0.4, -0.2) is 48.3 Å². The minimum Gasteiger partial charge on any atom is -0.502 e. The van der Waals surface area contributed by atoms with E-state index >= 15 is 0 Å². The summed E-state index contributed by atoms with van der Waals surface area (Å²) in [5, 5.41) is 11.8. The van der Waals surface area contributed by atoms with Crippen LogP contribution in [-0.2, 0) is 16.1 Å². The quantitative estimate of drug-likeness (QED) is 0.786. The summed E-state index contributed by atoms with van der Waals surface area (Å²) in [6.45, 7) is 4.65. The van der Waals surface area contributed by atoms with Crippen LogP contribution in [0.15, 0.2) is 21.5 Å². The zero-order valence-corrected chi connectivity index (χ0v) is 11.3. The van der Waals surface area contributed by atoms with Crippen molar-refractivity contribution in [3.05, 3.63) is 28.3 Å². The third-order valence-corrected chi connectivity index (χ3v) is 3.28. The Labute approximate surface area is 116 Å². The van der Waals surface area contributed by atoms with Crippen LogP contribution in [0.1, 0.15) is 12.7 Å². The maximum atomic E-state index is 12.0. The van der Waals surface area contributed by atoms with Crippen LogP contribution in [0.4, 0.5) is 0 Å². The van der Waals surface area contributed by atoms with Gasteiger partial charge in [-0.2, -0.15) is 0 Å². The molecule has 1 aromatic heterocycles. The first-order valence-electron chi connectivity index (χ1n) is 6.48. The van der Waals surface area contributed by atoms with Gasteiger partial charge in [-0.25, -0.2) is 0 Å². The standard InChI is InChI=1S/C13H18N2O5/c1-9(15-2-4-19-5-3-15)13(18)14-7-10-6-11(16)12(17)8-20-10/h6,8-9,17H,2-5,7H2,1H3,(H,14,18). The minimum atomic E-state index is -0.526. The van der Waals surface area contributed by atoms with Crippen molar-refractivity contribution >= 4 is 5.91 Å². The van der Waals surface area contributed by atoms with Gasteiger partial charge in [-0.15, -0.1) is 0 Å². The van der Waals surface area contributed by atoms with E-state index < -0.39 is 11.2 Å². The van der Waals surface area contributed by atoms with E-state index in [9.17, 15) is 9.59 Å². The summed E-state index contributed by atoms with van der Waals surface area (Å²) in [5.41, 5.74) is -0.526. The number of carbonyl (C=O) groups is 1. The lowest BCUT2D eigenvalue weighted by Crippen LogP contribution is -2.49. The molecule has 1 amide bonds. The van der Waals surface area contributed by atoms with Gasteiger partial charge < -0.3 is 19.6 Å². The number of morpholine rings is 1. The second-order valence-electron chi connectivity index (χ2n) is 4.64. The second kappa shape index (κ2) is 6.53. The van der Waals surface area contributed by atoms with Crippen LogP contribution in [0.3, 0.4) is 0 Å². The topological polar surface area (TPSA) is 92.0 Å². The molecule has 0 spiro atoms. The molecule has 0 saturated carbocycles. The Morgan fingerprint density at radius 2 is 2.20 bits per heavy atom. The van der Waals surface area contributed by atoms with Crippen LogP contribution in [0.2, 0.25) is 0 Å². The molecule has 20 heavy (non-hydrogen) atoms. The van der Waals surface area contributed by atoms with Gasteiger partial charge in [0.05, 0.1) is 25.8 Å². The van der Waals surface area contributed by atoms with E-state index in [1.54, 1.807) is 0 Å². The van der Waals surface area contributed by atoms with Gasteiger partial charge in [0.25, 0.3) is 0 Å². The molecule has 0 bridgehead atoms. The Hall–Kier alpha value is -1.86. The Bertz CT molecular complexity index is 522. The number of hydrogen-bond acceptors (Lipinski definition) is 6. The summed E-state index contributed by atoms with van der Waals surface area (Å²) in [6.07, 6.45) is 0.967. The molecule has 1 aromatic rings. The van der Waals surface area contributed by atoms with E-state index in [2.05, 4.69) is 5.32 Å². The van der Waals surface area contributed by atoms with Gasteiger partial charge in [0.15, 0.2) is 5.75 Å². The number of nitrogens with zero attached hydrogens (tertiary/aromatic N) is 1. The van der Waals surface area contributed by atoms with Crippen molar-refractivity contribution in [1.29, 1.82) is 0 Å². The van der Waals surface area contributed by atoms with Gasteiger partial charge in [0.2, 0.25) is 11.3 Å². The molecule has 1 saturated heterocycles. The SMILES string of the molecule is CC(C(=O)NCc1cc(=O)c(O)co1)N1CCOCC1. The summed E-state index contributed by atoms with van der Waals surface area (Å²) in [7, 11) is 0. The minimum absolute atomic E-state index is 0.114. The molecule has 2 N–H and O–H groups in total. The van der Waals surface area contributed by atoms with Crippen molar-refractivity contribution in [2.75, 3.05) is 26.3 Å². The third kappa shape index (κ3) is 3.58. The summed E-state index contributed by atoms with van der Waals surface area (Å²) >= 11 is 0. The smallest absolute Gasteiger partial charge is 0.237 e. The number of aromatic hydroxyl groups is 1. The molecule has 0 aromatic carbocycles. The predicted molar refractivity (Wildman–Crippen MR) is 70.3 cm³/mol. The highest BCUT2D eigenvalue weighted by Crippen LogP contribution is 2.05. The highest BCUT2D eigenvalue weighted by molar-refractivity contribution is 5.81. The van der Waals surface area contributed by atoms with Crippen LogP contribution in [0.5, 0.6) is 5.75 Å². The van der Waals surface area contributed by atoms with E-state index in [0.29, 0.717) is 19.0 Å². The molecule has 0 aliphatic carbocycles. The van der Waals surface area contributed by atoms with Crippen LogP contribution >= 0.6 is 0 Å². The third-order valence-electron chi connectivity index (χ3n) is 3.28. The lowest BCUT2D eigenvalue weighted by atomic mass is 10.2. The fraction of sp³-hybridized carbons (Fsp3) is 0.538. The van der Waals surface area contributed by atoms with Crippen molar-refractivity contribution in [2.45, 2.75) is 19.5 Å². The Balaban J connectivity index is 1.87. The number of amides is 1. The number of carbonyl (C=O) groups excluding carboxylic acids is 1. The molecule has 7 nitrogen and oxygen atoms in total. The first-order valence-corrected chi connectivity index (χ1v) is 6.48. The molecule has 2 heterocycles. The first kappa shape index (κ1) is 14.5. The van der Waals surface area contributed by atoms with Gasteiger partial charge in [0, 0.05) is 19.2 Å². The van der Waals surface area contributed by atoms with Gasteiger partial charge in [-0.05, 0) is 6.92 Å². The average Bonchev–Trinajstić information content (AvgIpc) is 2.48. The molecule has 1 atom stereocenters. The van der Waals surface area contributed by atoms with Crippen LogP contribution in [0.25, 0.3) is 0 Å². The lowest BCUT2D eigenvalue weighted by Gasteiger charge is -2.31. The van der Waals surface area contributed by atoms with Crippen molar-refractivity contribution < 1.29 is 19.1 Å². The molecule has 0 radical (unpaired) electrons. The molecule has 7 heteroatoms. The summed E-state index contributed by atoms with van der Waals surface area (Å²) in [5.74, 6) is -0.278. The van der Waals surface area contributed by atoms with Gasteiger partial charge in [0.1, 0.15) is 12.0 Å². The fourth-order valence-corrected chi connectivity index (χ4v) is 1.99. The molecule has 110 valence electrons. The van der Waals surface area contributed by atoms with Crippen molar-refractivity contribution in [3.63, 3.8) is 0 Å². The van der Waals surface area contributed by atoms with Gasteiger partial charge in [-0.3, -0.25) is 14.5 Å². The van der Waals surface area contributed by atoms with Gasteiger partial charge >= 0.3 is 0 Å². The van der Waals surface area contributed by atoms with E-state index in [1.807, 2.05) is 11.8 Å². The molecule has 1 aliphatic heterocycles. The zero-order valence-electron chi connectivity index (χ0n) is 11.3. The lowest BCUT2D eigenvalue weighted by molar-refractivity contribution is -0.127. The van der Waals surface area contributed by atoms with Crippen LogP contribution < -0.4 is 10.7 Å².